The molecule has 0 saturated heterocycles. The number of carbonyl (C=O) groups excluding carboxylic acids is 1. The Morgan fingerprint density at radius 3 is 2.47 bits per heavy atom. The van der Waals surface area contributed by atoms with Crippen molar-refractivity contribution in [1.29, 1.82) is 0 Å². The molecule has 15 heavy (non-hydrogen) atoms. The zero-order valence-electron chi connectivity index (χ0n) is 8.95. The molecule has 1 aromatic rings. The smallest absolute Gasteiger partial charge is 0.238 e. The van der Waals surface area contributed by atoms with Gasteiger partial charge in [-0.05, 0) is 38.4 Å². The summed E-state index contributed by atoms with van der Waals surface area (Å²) < 4.78 is 0. The van der Waals surface area contributed by atoms with Crippen LogP contribution >= 0.6 is 0 Å². The van der Waals surface area contributed by atoms with Gasteiger partial charge in [-0.15, -0.1) is 6.42 Å². The number of rotatable bonds is 3. The van der Waals surface area contributed by atoms with Gasteiger partial charge in [-0.1, -0.05) is 5.92 Å². The predicted octanol–water partition coefficient (Wildman–Crippen LogP) is 1.17. The van der Waals surface area contributed by atoms with Crippen LogP contribution in [0.1, 0.15) is 5.56 Å². The Bertz CT molecular complexity index is 374. The van der Waals surface area contributed by atoms with E-state index in [1.165, 1.54) is 0 Å². The fourth-order valence-electron chi connectivity index (χ4n) is 1.14. The van der Waals surface area contributed by atoms with Gasteiger partial charge in [0.25, 0.3) is 0 Å². The van der Waals surface area contributed by atoms with Gasteiger partial charge in [0.2, 0.25) is 5.91 Å². The molecular weight excluding hydrogens is 188 g/mol. The maximum atomic E-state index is 11.4. The molecule has 1 amide bonds. The highest BCUT2D eigenvalue weighted by molar-refractivity contribution is 5.92. The van der Waals surface area contributed by atoms with E-state index in [0.29, 0.717) is 6.54 Å². The van der Waals surface area contributed by atoms with E-state index in [0.717, 1.165) is 11.3 Å². The second-order valence-electron chi connectivity index (χ2n) is 3.51. The van der Waals surface area contributed by atoms with Crippen molar-refractivity contribution >= 4 is 11.6 Å². The van der Waals surface area contributed by atoms with E-state index in [1.54, 1.807) is 24.3 Å². The van der Waals surface area contributed by atoms with Gasteiger partial charge in [-0.3, -0.25) is 4.79 Å². The summed E-state index contributed by atoms with van der Waals surface area (Å²) in [6.07, 6.45) is 5.22. The van der Waals surface area contributed by atoms with E-state index in [-0.39, 0.29) is 5.91 Å². The molecule has 0 aliphatic carbocycles. The number of nitrogens with zero attached hydrogens (tertiary/aromatic N) is 1. The first-order valence-corrected chi connectivity index (χ1v) is 4.63. The second kappa shape index (κ2) is 5.18. The molecule has 0 aromatic heterocycles. The van der Waals surface area contributed by atoms with Crippen LogP contribution in [0.3, 0.4) is 0 Å². The number of benzene rings is 1. The zero-order chi connectivity index (χ0) is 11.3. The molecule has 0 aliphatic heterocycles. The first-order chi connectivity index (χ1) is 7.11. The Hall–Kier alpha value is -1.79. The third-order valence-corrected chi connectivity index (χ3v) is 1.80. The van der Waals surface area contributed by atoms with Crippen LogP contribution in [0.25, 0.3) is 0 Å². The van der Waals surface area contributed by atoms with Gasteiger partial charge in [0.15, 0.2) is 0 Å². The summed E-state index contributed by atoms with van der Waals surface area (Å²) in [7, 11) is 3.70. The van der Waals surface area contributed by atoms with Crippen molar-refractivity contribution in [2.75, 3.05) is 26.0 Å². The van der Waals surface area contributed by atoms with Crippen molar-refractivity contribution in [2.24, 2.45) is 0 Å². The summed E-state index contributed by atoms with van der Waals surface area (Å²) in [6.45, 7) is 0.372. The van der Waals surface area contributed by atoms with Crippen molar-refractivity contribution in [2.45, 2.75) is 0 Å². The molecule has 0 unspecified atom stereocenters. The molecule has 78 valence electrons. The Balaban J connectivity index is 2.58. The summed E-state index contributed by atoms with van der Waals surface area (Å²) >= 11 is 0. The highest BCUT2D eigenvalue weighted by Crippen LogP contribution is 2.08. The van der Waals surface area contributed by atoms with Crippen LogP contribution in [-0.4, -0.2) is 31.4 Å². The van der Waals surface area contributed by atoms with Crippen molar-refractivity contribution in [1.82, 2.24) is 4.90 Å². The van der Waals surface area contributed by atoms with E-state index >= 15 is 0 Å². The Kier molecular flexibility index (Phi) is 3.90. The van der Waals surface area contributed by atoms with E-state index in [1.807, 2.05) is 19.0 Å². The summed E-state index contributed by atoms with van der Waals surface area (Å²) in [5, 5.41) is 2.78. The van der Waals surface area contributed by atoms with E-state index in [4.69, 9.17) is 6.42 Å². The molecule has 0 aliphatic rings. The van der Waals surface area contributed by atoms with Crippen LogP contribution in [-0.2, 0) is 4.79 Å². The lowest BCUT2D eigenvalue weighted by atomic mass is 10.2. The number of carbonyl (C=O) groups is 1. The first-order valence-electron chi connectivity index (χ1n) is 4.63. The third-order valence-electron chi connectivity index (χ3n) is 1.80. The topological polar surface area (TPSA) is 32.3 Å². The fraction of sp³-hybridized carbons (Fsp3) is 0.250. The number of hydrogen-bond donors (Lipinski definition) is 1. The van der Waals surface area contributed by atoms with Gasteiger partial charge in [0.1, 0.15) is 0 Å². The largest absolute Gasteiger partial charge is 0.325 e. The average Bonchev–Trinajstić information content (AvgIpc) is 2.17. The molecule has 3 nitrogen and oxygen atoms in total. The lowest BCUT2D eigenvalue weighted by Crippen LogP contribution is -2.27. The van der Waals surface area contributed by atoms with Gasteiger partial charge in [0.05, 0.1) is 6.54 Å². The number of nitrogens with one attached hydrogen (secondary N) is 1. The van der Waals surface area contributed by atoms with E-state index in [9.17, 15) is 4.79 Å². The quantitative estimate of drug-likeness (QED) is 0.746. The van der Waals surface area contributed by atoms with Crippen molar-refractivity contribution in [3.63, 3.8) is 0 Å². The molecule has 0 spiro atoms. The minimum atomic E-state index is -0.0338. The van der Waals surface area contributed by atoms with Gasteiger partial charge in [-0.25, -0.2) is 0 Å². The van der Waals surface area contributed by atoms with Crippen molar-refractivity contribution in [3.8, 4) is 12.3 Å². The van der Waals surface area contributed by atoms with E-state index in [2.05, 4.69) is 11.2 Å². The van der Waals surface area contributed by atoms with Crippen LogP contribution in [0, 0.1) is 12.3 Å². The summed E-state index contributed by atoms with van der Waals surface area (Å²) in [5.41, 5.74) is 1.57. The molecule has 1 N–H and O–H groups in total. The SMILES string of the molecule is C#Cc1ccc(NC(=O)CN(C)C)cc1. The Morgan fingerprint density at radius 2 is 2.00 bits per heavy atom. The van der Waals surface area contributed by atoms with Crippen molar-refractivity contribution in [3.05, 3.63) is 29.8 Å². The van der Waals surface area contributed by atoms with Gasteiger partial charge < -0.3 is 10.2 Å². The minimum absolute atomic E-state index is 0.0338. The molecule has 0 fully saturated rings. The standard InChI is InChI=1S/C12H14N2O/c1-4-10-5-7-11(8-6-10)13-12(15)9-14(2)3/h1,5-8H,9H2,2-3H3,(H,13,15). The van der Waals surface area contributed by atoms with Gasteiger partial charge >= 0.3 is 0 Å². The van der Waals surface area contributed by atoms with Crippen LogP contribution in [0.15, 0.2) is 24.3 Å². The number of likely N-dealkylation sites (N-methyl/N-ethyl adjacent to an activating group) is 1. The minimum Gasteiger partial charge on any atom is -0.325 e. The maximum Gasteiger partial charge on any atom is 0.238 e. The Labute approximate surface area is 90.1 Å². The fourth-order valence-corrected chi connectivity index (χ4v) is 1.14. The average molecular weight is 202 g/mol. The Morgan fingerprint density at radius 1 is 1.40 bits per heavy atom. The summed E-state index contributed by atoms with van der Waals surface area (Å²) in [5.74, 6) is 2.48. The molecule has 1 aromatic carbocycles. The molecule has 0 atom stereocenters. The van der Waals surface area contributed by atoms with Crippen LogP contribution < -0.4 is 5.32 Å². The highest BCUT2D eigenvalue weighted by atomic mass is 16.2. The number of anilines is 1. The molecule has 0 saturated carbocycles. The first kappa shape index (κ1) is 11.3. The lowest BCUT2D eigenvalue weighted by Gasteiger charge is -2.09. The number of terminal acetylenes is 1. The molecule has 1 rings (SSSR count). The third kappa shape index (κ3) is 3.84. The zero-order valence-corrected chi connectivity index (χ0v) is 8.95. The maximum absolute atomic E-state index is 11.4. The van der Waals surface area contributed by atoms with Crippen LogP contribution in [0.4, 0.5) is 5.69 Å². The van der Waals surface area contributed by atoms with Gasteiger partial charge in [0, 0.05) is 11.3 Å². The molecule has 0 radical (unpaired) electrons. The molecular formula is C12H14N2O. The predicted molar refractivity (Wildman–Crippen MR) is 61.6 cm³/mol. The molecule has 0 bridgehead atoms. The molecule has 3 heteroatoms. The second-order valence-corrected chi connectivity index (χ2v) is 3.51. The van der Waals surface area contributed by atoms with Crippen LogP contribution in [0.5, 0.6) is 0 Å². The highest BCUT2D eigenvalue weighted by Gasteiger charge is 2.02. The lowest BCUT2D eigenvalue weighted by molar-refractivity contribution is -0.116. The number of amides is 1. The normalized spacial score (nSPS) is 9.73. The summed E-state index contributed by atoms with van der Waals surface area (Å²) in [4.78, 5) is 13.2. The van der Waals surface area contributed by atoms with Crippen LogP contribution in [0.2, 0.25) is 0 Å². The summed E-state index contributed by atoms with van der Waals surface area (Å²) in [6, 6.07) is 7.18. The monoisotopic (exact) mass is 202 g/mol. The number of hydrogen-bond acceptors (Lipinski definition) is 2. The molecule has 0 heterocycles. The van der Waals surface area contributed by atoms with Gasteiger partial charge in [-0.2, -0.15) is 0 Å². The van der Waals surface area contributed by atoms with E-state index < -0.39 is 0 Å². The van der Waals surface area contributed by atoms with Crippen molar-refractivity contribution < 1.29 is 4.79 Å².